The first-order valence-electron chi connectivity index (χ1n) is 4.55. The van der Waals surface area contributed by atoms with Gasteiger partial charge < -0.3 is 0 Å². The second kappa shape index (κ2) is 46.3. The minimum absolute atomic E-state index is 0.171. The van der Waals surface area contributed by atoms with Crippen LogP contribution in [0.5, 0.6) is 0 Å². The number of rotatable bonds is 1. The molecule has 74 valence electrons. The standard InChI is InChI=1S/C3H6Cl2.3C2H6/c1-2-3(4)5;3*1-2/h3H,2H2,1H3;3*1-2H3. The first-order chi connectivity index (χ1) is 5.27. The number of hydrogen-bond acceptors (Lipinski definition) is 0. The molecule has 11 heavy (non-hydrogen) atoms. The molecule has 0 nitrogen and oxygen atoms in total. The highest BCUT2D eigenvalue weighted by Crippen LogP contribution is 2.03. The van der Waals surface area contributed by atoms with Crippen LogP contribution >= 0.6 is 23.2 Å². The summed E-state index contributed by atoms with van der Waals surface area (Å²) in [5.74, 6) is 0. The Kier molecular flexibility index (Phi) is 94.9. The molecule has 0 atom stereocenters. The SMILES string of the molecule is CC.CC.CC.CCC(Cl)Cl. The van der Waals surface area contributed by atoms with E-state index >= 15 is 0 Å². The number of halogens is 2. The fourth-order valence-corrected chi connectivity index (χ4v) is 0. The third-order valence-electron chi connectivity index (χ3n) is 0.309. The lowest BCUT2D eigenvalue weighted by Gasteiger charge is -1.84. The van der Waals surface area contributed by atoms with Gasteiger partial charge in [-0.1, -0.05) is 48.5 Å². The summed E-state index contributed by atoms with van der Waals surface area (Å²) in [4.78, 5) is -0.171. The minimum atomic E-state index is -0.171. The molecule has 0 aliphatic carbocycles. The highest BCUT2D eigenvalue weighted by molar-refractivity contribution is 6.44. The summed E-state index contributed by atoms with van der Waals surface area (Å²) in [6.07, 6.45) is 0.836. The van der Waals surface area contributed by atoms with Crippen LogP contribution in [0, 0.1) is 0 Å². The van der Waals surface area contributed by atoms with E-state index in [1.807, 2.05) is 48.5 Å². The van der Waals surface area contributed by atoms with Crippen molar-refractivity contribution in [2.75, 3.05) is 0 Å². The van der Waals surface area contributed by atoms with Gasteiger partial charge in [-0.2, -0.15) is 0 Å². The molecule has 0 fully saturated rings. The molecule has 0 bridgehead atoms. The summed E-state index contributed by atoms with van der Waals surface area (Å²) in [6, 6.07) is 0. The monoisotopic (exact) mass is 202 g/mol. The lowest BCUT2D eigenvalue weighted by Crippen LogP contribution is -1.75. The molecule has 0 aromatic heterocycles. The Bertz CT molecular complexity index is 21.5. The molecular formula is C9H24Cl2. The van der Waals surface area contributed by atoms with Gasteiger partial charge in [-0.15, -0.1) is 23.2 Å². The number of hydrogen-bond donors (Lipinski definition) is 0. The van der Waals surface area contributed by atoms with E-state index in [2.05, 4.69) is 0 Å². The largest absolute Gasteiger partial charge is 0.107 e. The van der Waals surface area contributed by atoms with Gasteiger partial charge in [0.1, 0.15) is 4.84 Å². The van der Waals surface area contributed by atoms with Crippen LogP contribution in [-0.2, 0) is 0 Å². The van der Waals surface area contributed by atoms with E-state index < -0.39 is 0 Å². The summed E-state index contributed by atoms with van der Waals surface area (Å²) < 4.78 is 0. The Morgan fingerprint density at radius 2 is 0.909 bits per heavy atom. The zero-order valence-corrected chi connectivity index (χ0v) is 10.6. The fraction of sp³-hybridized carbons (Fsp3) is 1.00. The molecule has 0 N–H and O–H groups in total. The second-order valence-electron chi connectivity index (χ2n) is 0.799. The van der Waals surface area contributed by atoms with Gasteiger partial charge in [-0.25, -0.2) is 0 Å². The molecule has 0 amide bonds. The van der Waals surface area contributed by atoms with Crippen LogP contribution in [0.1, 0.15) is 54.9 Å². The van der Waals surface area contributed by atoms with Gasteiger partial charge in [0.05, 0.1) is 0 Å². The molecule has 0 heterocycles. The van der Waals surface area contributed by atoms with Crippen LogP contribution in [0.4, 0.5) is 0 Å². The second-order valence-corrected chi connectivity index (χ2v) is 2.08. The van der Waals surface area contributed by atoms with Crippen LogP contribution in [0.3, 0.4) is 0 Å². The highest BCUT2D eigenvalue weighted by Gasteiger charge is 1.86. The van der Waals surface area contributed by atoms with Crippen molar-refractivity contribution >= 4 is 23.2 Å². The van der Waals surface area contributed by atoms with E-state index in [1.165, 1.54) is 0 Å². The normalized spacial score (nSPS) is 6.00. The maximum atomic E-state index is 5.23. The van der Waals surface area contributed by atoms with Crippen LogP contribution in [-0.4, -0.2) is 4.84 Å². The van der Waals surface area contributed by atoms with Crippen molar-refractivity contribution in [3.63, 3.8) is 0 Å². The molecular weight excluding hydrogens is 179 g/mol. The van der Waals surface area contributed by atoms with Crippen LogP contribution < -0.4 is 0 Å². The van der Waals surface area contributed by atoms with Gasteiger partial charge >= 0.3 is 0 Å². The van der Waals surface area contributed by atoms with Gasteiger partial charge in [0, 0.05) is 0 Å². The van der Waals surface area contributed by atoms with E-state index in [0.717, 1.165) is 6.42 Å². The van der Waals surface area contributed by atoms with Crippen LogP contribution in [0.15, 0.2) is 0 Å². The molecule has 0 unspecified atom stereocenters. The van der Waals surface area contributed by atoms with Crippen molar-refractivity contribution in [3.8, 4) is 0 Å². The van der Waals surface area contributed by atoms with E-state index in [4.69, 9.17) is 23.2 Å². The summed E-state index contributed by atoms with van der Waals surface area (Å²) >= 11 is 10.5. The maximum Gasteiger partial charge on any atom is 0.107 e. The highest BCUT2D eigenvalue weighted by atomic mass is 35.5. The minimum Gasteiger partial charge on any atom is -0.105 e. The Labute approximate surface area is 83.3 Å². The van der Waals surface area contributed by atoms with Gasteiger partial charge in [0.15, 0.2) is 0 Å². The van der Waals surface area contributed by atoms with Crippen LogP contribution in [0.25, 0.3) is 0 Å². The Morgan fingerprint density at radius 3 is 0.909 bits per heavy atom. The van der Waals surface area contributed by atoms with E-state index in [-0.39, 0.29) is 4.84 Å². The van der Waals surface area contributed by atoms with Crippen LogP contribution in [0.2, 0.25) is 0 Å². The maximum absolute atomic E-state index is 5.23. The van der Waals surface area contributed by atoms with E-state index in [9.17, 15) is 0 Å². The molecule has 0 radical (unpaired) electrons. The topological polar surface area (TPSA) is 0 Å². The average Bonchev–Trinajstić information content (AvgIpc) is 2.15. The smallest absolute Gasteiger partial charge is 0.105 e. The third kappa shape index (κ3) is 117. The van der Waals surface area contributed by atoms with Gasteiger partial charge in [0.25, 0.3) is 0 Å². The summed E-state index contributed by atoms with van der Waals surface area (Å²) in [5.41, 5.74) is 0. The Morgan fingerprint density at radius 1 is 0.818 bits per heavy atom. The molecule has 0 aromatic rings. The lowest BCUT2D eigenvalue weighted by molar-refractivity contribution is 1.04. The predicted molar refractivity (Wildman–Crippen MR) is 59.8 cm³/mol. The molecule has 0 spiro atoms. The molecule has 0 rings (SSSR count). The summed E-state index contributed by atoms with van der Waals surface area (Å²) in [7, 11) is 0. The molecule has 0 saturated heterocycles. The Balaban J connectivity index is -0.0000000350. The van der Waals surface area contributed by atoms with Crippen molar-refractivity contribution in [3.05, 3.63) is 0 Å². The molecule has 2 heteroatoms. The number of alkyl halides is 2. The van der Waals surface area contributed by atoms with Crippen molar-refractivity contribution in [1.82, 2.24) is 0 Å². The first kappa shape index (κ1) is 22.6. The summed E-state index contributed by atoms with van der Waals surface area (Å²) in [6.45, 7) is 13.9. The molecule has 0 saturated carbocycles. The zero-order chi connectivity index (χ0) is 10.3. The fourth-order valence-electron chi connectivity index (χ4n) is 0. The third-order valence-corrected chi connectivity index (χ3v) is 0.926. The molecule has 0 aliphatic rings. The van der Waals surface area contributed by atoms with Gasteiger partial charge in [0.2, 0.25) is 0 Å². The van der Waals surface area contributed by atoms with Gasteiger partial charge in [-0.3, -0.25) is 0 Å². The van der Waals surface area contributed by atoms with Gasteiger partial charge in [-0.05, 0) is 6.42 Å². The molecule has 0 aromatic carbocycles. The Hall–Kier alpha value is 0.580. The lowest BCUT2D eigenvalue weighted by atomic mass is 10.6. The zero-order valence-electron chi connectivity index (χ0n) is 9.04. The van der Waals surface area contributed by atoms with Crippen molar-refractivity contribution < 1.29 is 0 Å². The van der Waals surface area contributed by atoms with Crippen molar-refractivity contribution in [1.29, 1.82) is 0 Å². The summed E-state index contributed by atoms with van der Waals surface area (Å²) in [5, 5.41) is 0. The molecule has 0 aliphatic heterocycles. The van der Waals surface area contributed by atoms with E-state index in [1.54, 1.807) is 0 Å². The van der Waals surface area contributed by atoms with E-state index in [0.29, 0.717) is 0 Å². The first-order valence-corrected chi connectivity index (χ1v) is 5.42. The average molecular weight is 203 g/mol. The quantitative estimate of drug-likeness (QED) is 0.508. The van der Waals surface area contributed by atoms with Crippen molar-refractivity contribution in [2.45, 2.75) is 59.7 Å². The van der Waals surface area contributed by atoms with Crippen molar-refractivity contribution in [2.24, 2.45) is 0 Å². The predicted octanol–water partition coefficient (Wildman–Crippen LogP) is 5.28.